The van der Waals surface area contributed by atoms with E-state index < -0.39 is 7.14 Å². The molecule has 0 spiro atoms. The minimum absolute atomic E-state index is 0.909. The number of benzene rings is 5. The van der Waals surface area contributed by atoms with Crippen LogP contribution in [-0.4, -0.2) is 13.3 Å². The highest BCUT2D eigenvalue weighted by atomic mass is 31.2. The van der Waals surface area contributed by atoms with Crippen LogP contribution in [0.4, 0.5) is 0 Å². The third-order valence-corrected chi connectivity index (χ3v) is 8.03. The van der Waals surface area contributed by atoms with Crippen molar-refractivity contribution in [2.24, 2.45) is 0 Å². The summed E-state index contributed by atoms with van der Waals surface area (Å²) in [6.45, 7) is 5.67. The van der Waals surface area contributed by atoms with Crippen molar-refractivity contribution in [1.29, 1.82) is 0 Å². The Morgan fingerprint density at radius 3 is 2.03 bits per heavy atom. The summed E-state index contributed by atoms with van der Waals surface area (Å²) in [4.78, 5) is 0. The first-order chi connectivity index (χ1) is 17.0. The standard InChI is InChI=1S/C33H29OP/c1-4-5-6-13-27-23-32(25-18-20-29(21-19-25)35(2,3)34)30-14-9-10-15-31(30)33(27)28-17-16-24-11-7-8-12-26(24)22-28/h4-23H,1-3H3/b5-4-,13-6-. The van der Waals surface area contributed by atoms with E-state index in [0.29, 0.717) is 0 Å². The molecule has 0 aromatic heterocycles. The van der Waals surface area contributed by atoms with Gasteiger partial charge in [0, 0.05) is 5.30 Å². The monoisotopic (exact) mass is 472 g/mol. The van der Waals surface area contributed by atoms with E-state index in [1.54, 1.807) is 0 Å². The van der Waals surface area contributed by atoms with Crippen molar-refractivity contribution in [3.05, 3.63) is 121 Å². The third-order valence-electron chi connectivity index (χ3n) is 6.49. The second-order valence-electron chi connectivity index (χ2n) is 9.28. The summed E-state index contributed by atoms with van der Waals surface area (Å²) in [5.41, 5.74) is 5.93. The lowest BCUT2D eigenvalue weighted by atomic mass is 9.87. The number of rotatable bonds is 5. The topological polar surface area (TPSA) is 17.1 Å². The highest BCUT2D eigenvalue weighted by molar-refractivity contribution is 7.70. The fourth-order valence-electron chi connectivity index (χ4n) is 4.70. The maximum absolute atomic E-state index is 12.6. The van der Waals surface area contributed by atoms with Crippen LogP contribution in [0.1, 0.15) is 12.5 Å². The van der Waals surface area contributed by atoms with Crippen molar-refractivity contribution in [1.82, 2.24) is 0 Å². The maximum Gasteiger partial charge on any atom is 0.109 e. The molecule has 0 N–H and O–H groups in total. The van der Waals surface area contributed by atoms with Gasteiger partial charge in [0.15, 0.2) is 0 Å². The second-order valence-corrected chi connectivity index (χ2v) is 12.5. The van der Waals surface area contributed by atoms with Crippen LogP contribution in [0.5, 0.6) is 0 Å². The molecule has 35 heavy (non-hydrogen) atoms. The summed E-state index contributed by atoms with van der Waals surface area (Å²) < 4.78 is 12.6. The maximum atomic E-state index is 12.6. The minimum atomic E-state index is -2.29. The van der Waals surface area contributed by atoms with Gasteiger partial charge in [-0.05, 0) is 81.7 Å². The lowest BCUT2D eigenvalue weighted by Crippen LogP contribution is -2.01. The molecule has 0 atom stereocenters. The Hall–Kier alpha value is -3.67. The molecule has 0 aliphatic carbocycles. The van der Waals surface area contributed by atoms with Gasteiger partial charge in [0.05, 0.1) is 0 Å². The smallest absolute Gasteiger partial charge is 0.109 e. The van der Waals surface area contributed by atoms with Gasteiger partial charge in [-0.3, -0.25) is 0 Å². The molecule has 1 nitrogen and oxygen atoms in total. The fourth-order valence-corrected chi connectivity index (χ4v) is 5.57. The molecule has 0 unspecified atom stereocenters. The lowest BCUT2D eigenvalue weighted by molar-refractivity contribution is 0.588. The molecule has 172 valence electrons. The molecule has 0 bridgehead atoms. The summed E-state index contributed by atoms with van der Waals surface area (Å²) >= 11 is 0. The Balaban J connectivity index is 1.79. The molecule has 0 amide bonds. The molecule has 2 heteroatoms. The molecule has 5 aromatic rings. The fraction of sp³-hybridized carbons (Fsp3) is 0.0909. The van der Waals surface area contributed by atoms with Crippen LogP contribution in [0.15, 0.2) is 115 Å². The Morgan fingerprint density at radius 1 is 0.657 bits per heavy atom. The van der Waals surface area contributed by atoms with Gasteiger partial charge in [0.2, 0.25) is 0 Å². The van der Waals surface area contributed by atoms with Crippen molar-refractivity contribution in [2.75, 3.05) is 13.3 Å². The van der Waals surface area contributed by atoms with Gasteiger partial charge in [0.25, 0.3) is 0 Å². The summed E-state index contributed by atoms with van der Waals surface area (Å²) in [7, 11) is -2.29. The zero-order chi connectivity index (χ0) is 24.4. The highest BCUT2D eigenvalue weighted by Gasteiger charge is 2.15. The van der Waals surface area contributed by atoms with Gasteiger partial charge >= 0.3 is 0 Å². The van der Waals surface area contributed by atoms with Crippen molar-refractivity contribution in [2.45, 2.75) is 6.92 Å². The van der Waals surface area contributed by atoms with Crippen LogP contribution in [-0.2, 0) is 4.57 Å². The van der Waals surface area contributed by atoms with E-state index in [2.05, 4.69) is 103 Å². The number of hydrogen-bond acceptors (Lipinski definition) is 1. The van der Waals surface area contributed by atoms with Crippen LogP contribution >= 0.6 is 7.14 Å². The van der Waals surface area contributed by atoms with E-state index in [1.165, 1.54) is 43.8 Å². The van der Waals surface area contributed by atoms with E-state index in [9.17, 15) is 4.57 Å². The normalized spacial score (nSPS) is 12.3. The number of allylic oxidation sites excluding steroid dienone is 3. The van der Waals surface area contributed by atoms with Crippen molar-refractivity contribution < 1.29 is 4.57 Å². The highest BCUT2D eigenvalue weighted by Crippen LogP contribution is 2.41. The Labute approximate surface area is 207 Å². The van der Waals surface area contributed by atoms with Gasteiger partial charge in [0.1, 0.15) is 7.14 Å². The van der Waals surface area contributed by atoms with Crippen molar-refractivity contribution >= 4 is 40.1 Å². The van der Waals surface area contributed by atoms with Crippen LogP contribution in [0.3, 0.4) is 0 Å². The molecule has 0 saturated heterocycles. The first-order valence-corrected chi connectivity index (χ1v) is 14.6. The molecule has 0 fully saturated rings. The molecule has 5 aromatic carbocycles. The first kappa shape index (κ1) is 23.1. The van der Waals surface area contributed by atoms with E-state index in [1.807, 2.05) is 38.5 Å². The van der Waals surface area contributed by atoms with Gasteiger partial charge in [-0.1, -0.05) is 109 Å². The molecule has 0 radical (unpaired) electrons. The largest absolute Gasteiger partial charge is 0.319 e. The van der Waals surface area contributed by atoms with E-state index in [0.717, 1.165) is 10.9 Å². The number of fused-ring (bicyclic) bond motifs is 2. The molecule has 0 aliphatic heterocycles. The van der Waals surface area contributed by atoms with E-state index in [4.69, 9.17) is 0 Å². The first-order valence-electron chi connectivity index (χ1n) is 12.0. The average Bonchev–Trinajstić information content (AvgIpc) is 2.87. The third kappa shape index (κ3) is 4.65. The predicted molar refractivity (Wildman–Crippen MR) is 155 cm³/mol. The van der Waals surface area contributed by atoms with Crippen molar-refractivity contribution in [3.63, 3.8) is 0 Å². The molecule has 5 rings (SSSR count). The summed E-state index contributed by atoms with van der Waals surface area (Å²) in [5, 5.41) is 5.82. The summed E-state index contributed by atoms with van der Waals surface area (Å²) in [6.07, 6.45) is 8.40. The van der Waals surface area contributed by atoms with Gasteiger partial charge in [-0.25, -0.2) is 0 Å². The molecule has 0 heterocycles. The van der Waals surface area contributed by atoms with Gasteiger partial charge in [-0.15, -0.1) is 0 Å². The molecule has 0 aliphatic rings. The predicted octanol–water partition coefficient (Wildman–Crippen LogP) is 9.16. The molecule has 0 saturated carbocycles. The summed E-state index contributed by atoms with van der Waals surface area (Å²) in [5.74, 6) is 0. The lowest BCUT2D eigenvalue weighted by Gasteiger charge is -2.17. The van der Waals surface area contributed by atoms with E-state index >= 15 is 0 Å². The van der Waals surface area contributed by atoms with Crippen LogP contribution in [0.2, 0.25) is 0 Å². The average molecular weight is 473 g/mol. The van der Waals surface area contributed by atoms with Gasteiger partial charge in [-0.2, -0.15) is 0 Å². The van der Waals surface area contributed by atoms with Crippen LogP contribution in [0.25, 0.3) is 49.9 Å². The number of hydrogen-bond donors (Lipinski definition) is 0. The van der Waals surface area contributed by atoms with Crippen LogP contribution in [0, 0.1) is 0 Å². The Morgan fingerprint density at radius 2 is 1.31 bits per heavy atom. The SMILES string of the molecule is C/C=C\C=C/c1cc(-c2ccc(P(C)(C)=O)cc2)c2ccccc2c1-c1ccc2ccccc2c1. The second kappa shape index (κ2) is 9.53. The summed E-state index contributed by atoms with van der Waals surface area (Å²) in [6, 6.07) is 34.4. The quantitative estimate of drug-likeness (QED) is 0.184. The van der Waals surface area contributed by atoms with Gasteiger partial charge < -0.3 is 4.57 Å². The Kier molecular flexibility index (Phi) is 6.29. The molecular weight excluding hydrogens is 443 g/mol. The van der Waals surface area contributed by atoms with Crippen molar-refractivity contribution in [3.8, 4) is 22.3 Å². The van der Waals surface area contributed by atoms with E-state index in [-0.39, 0.29) is 0 Å². The zero-order valence-corrected chi connectivity index (χ0v) is 21.3. The minimum Gasteiger partial charge on any atom is -0.319 e. The van der Waals surface area contributed by atoms with Crippen LogP contribution < -0.4 is 5.30 Å². The molecular formula is C33H29OP. The Bertz CT molecular complexity index is 1630. The zero-order valence-electron chi connectivity index (χ0n) is 20.4.